The molecule has 2 N–H and O–H groups in total. The molecule has 0 aliphatic heterocycles. The summed E-state index contributed by atoms with van der Waals surface area (Å²) in [4.78, 5) is 12.0. The summed E-state index contributed by atoms with van der Waals surface area (Å²) in [7, 11) is 0. The van der Waals surface area contributed by atoms with Crippen LogP contribution in [0.5, 0.6) is 0 Å². The van der Waals surface area contributed by atoms with E-state index in [1.165, 1.54) is 6.08 Å². The maximum atomic E-state index is 12.0. The molecule has 3 aromatic rings. The van der Waals surface area contributed by atoms with Crippen LogP contribution in [-0.2, 0) is 4.79 Å². The van der Waals surface area contributed by atoms with Crippen molar-refractivity contribution in [3.05, 3.63) is 81.1 Å². The van der Waals surface area contributed by atoms with Gasteiger partial charge in [-0.05, 0) is 89.4 Å². The minimum Gasteiger partial charge on any atom is -0.457 e. The SMILES string of the molecule is O=C(C=Cc1ccc(-c2ccc(Cl)cc2)o1)NC(=S)Nc1ccccc1I. The standard InChI is InChI=1S/C20H14ClIN2O2S/c21-14-7-5-13(6-8-14)18-11-9-15(26-18)10-12-19(25)24-20(27)23-17-4-2-1-3-16(17)22/h1-12H,(H2,23,24,25,27). The molecule has 3 rings (SSSR count). The number of amides is 1. The van der Waals surface area contributed by atoms with Gasteiger partial charge in [0, 0.05) is 20.2 Å². The van der Waals surface area contributed by atoms with Crippen LogP contribution in [0.3, 0.4) is 0 Å². The maximum absolute atomic E-state index is 12.0. The number of benzene rings is 2. The lowest BCUT2D eigenvalue weighted by molar-refractivity contribution is -0.115. The number of halogens is 2. The molecule has 4 nitrogen and oxygen atoms in total. The van der Waals surface area contributed by atoms with Crippen LogP contribution in [0.25, 0.3) is 17.4 Å². The molecule has 0 radical (unpaired) electrons. The van der Waals surface area contributed by atoms with E-state index in [2.05, 4.69) is 33.2 Å². The van der Waals surface area contributed by atoms with Gasteiger partial charge >= 0.3 is 0 Å². The van der Waals surface area contributed by atoms with Gasteiger partial charge in [-0.3, -0.25) is 10.1 Å². The van der Waals surface area contributed by atoms with Gasteiger partial charge < -0.3 is 9.73 Å². The van der Waals surface area contributed by atoms with E-state index >= 15 is 0 Å². The fraction of sp³-hybridized carbons (Fsp3) is 0. The highest BCUT2D eigenvalue weighted by Crippen LogP contribution is 2.24. The second kappa shape index (κ2) is 9.16. The van der Waals surface area contributed by atoms with Crippen LogP contribution < -0.4 is 10.6 Å². The van der Waals surface area contributed by atoms with Crippen LogP contribution in [0.2, 0.25) is 5.02 Å². The molecule has 1 aromatic heterocycles. The maximum Gasteiger partial charge on any atom is 0.250 e. The lowest BCUT2D eigenvalue weighted by atomic mass is 10.2. The van der Waals surface area contributed by atoms with E-state index in [1.807, 2.05) is 42.5 Å². The van der Waals surface area contributed by atoms with Crippen LogP contribution in [0.4, 0.5) is 5.69 Å². The van der Waals surface area contributed by atoms with Gasteiger partial charge in [0.15, 0.2) is 5.11 Å². The number of anilines is 1. The molecule has 0 aliphatic carbocycles. The molecule has 0 spiro atoms. The molecular weight excluding hydrogens is 495 g/mol. The Morgan fingerprint density at radius 1 is 1.07 bits per heavy atom. The first-order valence-corrected chi connectivity index (χ1v) is 9.78. The molecule has 1 heterocycles. The zero-order valence-corrected chi connectivity index (χ0v) is 17.6. The lowest BCUT2D eigenvalue weighted by Gasteiger charge is -2.09. The summed E-state index contributed by atoms with van der Waals surface area (Å²) >= 11 is 13.2. The normalized spacial score (nSPS) is 10.7. The van der Waals surface area contributed by atoms with E-state index < -0.39 is 0 Å². The highest BCUT2D eigenvalue weighted by atomic mass is 127. The number of para-hydroxylation sites is 1. The van der Waals surface area contributed by atoms with E-state index in [-0.39, 0.29) is 11.0 Å². The van der Waals surface area contributed by atoms with Crippen molar-refractivity contribution in [2.24, 2.45) is 0 Å². The number of furan rings is 1. The Labute approximate surface area is 180 Å². The molecule has 0 saturated heterocycles. The summed E-state index contributed by atoms with van der Waals surface area (Å²) < 4.78 is 6.72. The Balaban J connectivity index is 1.58. The smallest absolute Gasteiger partial charge is 0.250 e. The van der Waals surface area contributed by atoms with Crippen LogP contribution in [0.15, 0.2) is 71.2 Å². The van der Waals surface area contributed by atoms with Crippen LogP contribution in [0, 0.1) is 3.57 Å². The Bertz CT molecular complexity index is 999. The minimum absolute atomic E-state index is 0.232. The monoisotopic (exact) mass is 508 g/mol. The number of nitrogens with one attached hydrogen (secondary N) is 2. The van der Waals surface area contributed by atoms with Gasteiger partial charge in [0.2, 0.25) is 5.91 Å². The fourth-order valence-corrected chi connectivity index (χ4v) is 3.10. The third-order valence-electron chi connectivity index (χ3n) is 3.51. The number of hydrogen-bond donors (Lipinski definition) is 2. The Morgan fingerprint density at radius 2 is 1.81 bits per heavy atom. The molecule has 7 heteroatoms. The van der Waals surface area contributed by atoms with E-state index in [1.54, 1.807) is 24.3 Å². The molecule has 27 heavy (non-hydrogen) atoms. The van der Waals surface area contributed by atoms with Gasteiger partial charge in [-0.15, -0.1) is 0 Å². The van der Waals surface area contributed by atoms with Gasteiger partial charge in [-0.25, -0.2) is 0 Å². The van der Waals surface area contributed by atoms with Crippen LogP contribution in [-0.4, -0.2) is 11.0 Å². The summed E-state index contributed by atoms with van der Waals surface area (Å²) in [5.74, 6) is 0.914. The van der Waals surface area contributed by atoms with E-state index in [4.69, 9.17) is 28.2 Å². The van der Waals surface area contributed by atoms with Crippen molar-refractivity contribution in [2.45, 2.75) is 0 Å². The first kappa shape index (κ1) is 19.6. The molecule has 0 unspecified atom stereocenters. The fourth-order valence-electron chi connectivity index (χ4n) is 2.24. The first-order chi connectivity index (χ1) is 13.0. The zero-order chi connectivity index (χ0) is 19.2. The van der Waals surface area contributed by atoms with E-state index in [0.717, 1.165) is 14.8 Å². The lowest BCUT2D eigenvalue weighted by Crippen LogP contribution is -2.33. The van der Waals surface area contributed by atoms with Crippen LogP contribution in [0.1, 0.15) is 5.76 Å². The molecule has 136 valence electrons. The van der Waals surface area contributed by atoms with Gasteiger partial charge in [-0.1, -0.05) is 23.7 Å². The van der Waals surface area contributed by atoms with Crippen molar-refractivity contribution in [2.75, 3.05) is 5.32 Å². The predicted octanol–water partition coefficient (Wildman–Crippen LogP) is 5.73. The predicted molar refractivity (Wildman–Crippen MR) is 122 cm³/mol. The third kappa shape index (κ3) is 5.66. The number of thiocarbonyl (C=S) groups is 1. The number of rotatable bonds is 4. The van der Waals surface area contributed by atoms with Crippen molar-refractivity contribution < 1.29 is 9.21 Å². The Morgan fingerprint density at radius 3 is 2.56 bits per heavy atom. The highest BCUT2D eigenvalue weighted by Gasteiger charge is 2.06. The molecule has 0 saturated carbocycles. The number of carbonyl (C=O) groups excluding carboxylic acids is 1. The van der Waals surface area contributed by atoms with Crippen molar-refractivity contribution in [3.63, 3.8) is 0 Å². The van der Waals surface area contributed by atoms with Gasteiger partial charge in [0.05, 0.1) is 5.69 Å². The minimum atomic E-state index is -0.345. The van der Waals surface area contributed by atoms with Crippen molar-refractivity contribution in [1.82, 2.24) is 5.32 Å². The zero-order valence-electron chi connectivity index (χ0n) is 13.9. The van der Waals surface area contributed by atoms with Gasteiger partial charge in [0.25, 0.3) is 0 Å². The first-order valence-electron chi connectivity index (χ1n) is 7.91. The van der Waals surface area contributed by atoms with Gasteiger partial charge in [-0.2, -0.15) is 0 Å². The third-order valence-corrected chi connectivity index (χ3v) is 4.91. The molecule has 0 fully saturated rings. The molecule has 0 aliphatic rings. The number of hydrogen-bond acceptors (Lipinski definition) is 3. The highest BCUT2D eigenvalue weighted by molar-refractivity contribution is 14.1. The second-order valence-corrected chi connectivity index (χ2v) is 7.47. The van der Waals surface area contributed by atoms with Gasteiger partial charge in [0.1, 0.15) is 11.5 Å². The largest absolute Gasteiger partial charge is 0.457 e. The second-order valence-electron chi connectivity index (χ2n) is 5.47. The summed E-state index contributed by atoms with van der Waals surface area (Å²) in [6, 6.07) is 18.6. The summed E-state index contributed by atoms with van der Waals surface area (Å²) in [6.45, 7) is 0. The van der Waals surface area contributed by atoms with E-state index in [0.29, 0.717) is 16.5 Å². The van der Waals surface area contributed by atoms with Crippen molar-refractivity contribution in [1.29, 1.82) is 0 Å². The van der Waals surface area contributed by atoms with Crippen molar-refractivity contribution in [3.8, 4) is 11.3 Å². The van der Waals surface area contributed by atoms with Crippen LogP contribution >= 0.6 is 46.4 Å². The average molecular weight is 509 g/mol. The Kier molecular flexibility index (Phi) is 6.65. The van der Waals surface area contributed by atoms with E-state index in [9.17, 15) is 4.79 Å². The topological polar surface area (TPSA) is 54.3 Å². The Hall–Kier alpha value is -2.16. The molecular formula is C20H14ClIN2O2S. The number of carbonyl (C=O) groups is 1. The summed E-state index contributed by atoms with van der Waals surface area (Å²) in [5.41, 5.74) is 1.75. The molecule has 0 bridgehead atoms. The summed E-state index contributed by atoms with van der Waals surface area (Å²) in [5, 5.41) is 6.49. The summed E-state index contributed by atoms with van der Waals surface area (Å²) in [6.07, 6.45) is 2.96. The molecule has 1 amide bonds. The average Bonchev–Trinajstić information content (AvgIpc) is 3.11. The quantitative estimate of drug-likeness (QED) is 0.268. The molecule has 0 atom stereocenters. The molecule has 2 aromatic carbocycles. The van der Waals surface area contributed by atoms with Crippen molar-refractivity contribution >= 4 is 69.2 Å².